The molecular weight excluding hydrogens is 563 g/mol. The first-order chi connectivity index (χ1) is 19.5. The van der Waals surface area contributed by atoms with E-state index in [1.807, 2.05) is 6.07 Å². The second-order valence-electron chi connectivity index (χ2n) is 10.2. The first kappa shape index (κ1) is 30.1. The van der Waals surface area contributed by atoms with Crippen LogP contribution in [0.2, 0.25) is 5.02 Å². The molecule has 10 nitrogen and oxygen atoms in total. The van der Waals surface area contributed by atoms with Crippen molar-refractivity contribution in [2.45, 2.75) is 33.0 Å². The van der Waals surface area contributed by atoms with Crippen LogP contribution in [0, 0.1) is 5.41 Å². The molecule has 0 spiro atoms. The molecule has 0 fully saturated rings. The molecule has 6 bridgehead atoms. The highest BCUT2D eigenvalue weighted by molar-refractivity contribution is 6.32. The number of benzene rings is 2. The van der Waals surface area contributed by atoms with E-state index in [9.17, 15) is 18.0 Å². The molecule has 0 aliphatic carbocycles. The number of alkyl halides is 3. The fraction of sp³-hybridized carbons (Fsp3) is 0.407. The molecule has 4 N–H and O–H groups in total. The number of hydrogen-bond acceptors (Lipinski definition) is 9. The molecule has 4 aliphatic rings. The molecule has 0 saturated carbocycles. The highest BCUT2D eigenvalue weighted by atomic mass is 35.5. The van der Waals surface area contributed by atoms with E-state index in [0.717, 1.165) is 18.5 Å². The van der Waals surface area contributed by atoms with Gasteiger partial charge in [-0.25, -0.2) is 0 Å². The first-order valence-electron chi connectivity index (χ1n) is 12.9. The summed E-state index contributed by atoms with van der Waals surface area (Å²) in [5.74, 6) is 0.233. The van der Waals surface area contributed by atoms with Gasteiger partial charge < -0.3 is 30.7 Å². The third-order valence-electron chi connectivity index (χ3n) is 5.92. The number of halogens is 4. The second-order valence-corrected chi connectivity index (χ2v) is 10.6. The van der Waals surface area contributed by atoms with Crippen LogP contribution in [0.3, 0.4) is 0 Å². The Morgan fingerprint density at radius 3 is 2.51 bits per heavy atom. The Bertz CT molecular complexity index is 1340. The quantitative estimate of drug-likeness (QED) is 0.327. The highest BCUT2D eigenvalue weighted by Crippen LogP contribution is 2.26. The van der Waals surface area contributed by atoms with Crippen molar-refractivity contribution in [2.24, 2.45) is 5.41 Å². The molecule has 41 heavy (non-hydrogen) atoms. The minimum absolute atomic E-state index is 0.0170. The molecular formula is C27H31ClF3N7O3. The van der Waals surface area contributed by atoms with Crippen molar-refractivity contribution in [2.75, 3.05) is 43.5 Å². The molecule has 4 aliphatic heterocycles. The van der Waals surface area contributed by atoms with Crippen LogP contribution in [0.5, 0.6) is 11.8 Å². The monoisotopic (exact) mass is 593 g/mol. The van der Waals surface area contributed by atoms with Gasteiger partial charge in [-0.1, -0.05) is 31.5 Å². The zero-order valence-corrected chi connectivity index (χ0v) is 23.3. The van der Waals surface area contributed by atoms with Crippen LogP contribution >= 0.6 is 11.6 Å². The Kier molecular flexibility index (Phi) is 9.71. The lowest BCUT2D eigenvalue weighted by Gasteiger charge is -2.25. The van der Waals surface area contributed by atoms with Gasteiger partial charge in [0.2, 0.25) is 11.9 Å². The third-order valence-corrected chi connectivity index (χ3v) is 6.21. The number of ether oxygens (including phenoxy) is 2. The lowest BCUT2D eigenvalue weighted by Crippen LogP contribution is -2.40. The lowest BCUT2D eigenvalue weighted by atomic mass is 9.93. The number of nitrogens with one attached hydrogen (secondary N) is 4. The average molecular weight is 594 g/mol. The molecule has 1 aromatic heterocycles. The normalized spacial score (nSPS) is 16.5. The van der Waals surface area contributed by atoms with Gasteiger partial charge in [0, 0.05) is 30.9 Å². The lowest BCUT2D eigenvalue weighted by molar-refractivity contribution is -0.154. The maximum Gasteiger partial charge on any atom is 0.422 e. The summed E-state index contributed by atoms with van der Waals surface area (Å²) in [6, 6.07) is 11.3. The Morgan fingerprint density at radius 2 is 1.78 bits per heavy atom. The largest absolute Gasteiger partial charge is 0.492 e. The molecule has 1 amide bonds. The predicted molar refractivity (Wildman–Crippen MR) is 149 cm³/mol. The fourth-order valence-corrected chi connectivity index (χ4v) is 4.04. The van der Waals surface area contributed by atoms with Crippen LogP contribution in [0.15, 0.2) is 42.5 Å². The van der Waals surface area contributed by atoms with E-state index in [-0.39, 0.29) is 29.8 Å². The van der Waals surface area contributed by atoms with Crippen molar-refractivity contribution in [1.29, 1.82) is 0 Å². The van der Waals surface area contributed by atoms with Crippen molar-refractivity contribution >= 4 is 35.1 Å². The van der Waals surface area contributed by atoms with Crippen LogP contribution in [-0.2, 0) is 6.54 Å². The summed E-state index contributed by atoms with van der Waals surface area (Å²) in [6.07, 6.45) is -3.82. The smallest absolute Gasteiger partial charge is 0.422 e. The van der Waals surface area contributed by atoms with E-state index in [4.69, 9.17) is 21.1 Å². The van der Waals surface area contributed by atoms with Gasteiger partial charge in [-0.2, -0.15) is 28.1 Å². The molecule has 14 heteroatoms. The van der Waals surface area contributed by atoms with Crippen LogP contribution in [-0.4, -0.2) is 59.9 Å². The van der Waals surface area contributed by atoms with Crippen molar-refractivity contribution in [1.82, 2.24) is 25.6 Å². The summed E-state index contributed by atoms with van der Waals surface area (Å²) in [6.45, 7) is 5.10. The van der Waals surface area contributed by atoms with Crippen LogP contribution in [0.4, 0.5) is 30.8 Å². The summed E-state index contributed by atoms with van der Waals surface area (Å²) >= 11 is 6.41. The number of nitrogens with zero attached hydrogens (tertiary/aromatic N) is 3. The van der Waals surface area contributed by atoms with Crippen LogP contribution in [0.25, 0.3) is 0 Å². The molecule has 7 rings (SSSR count). The van der Waals surface area contributed by atoms with Crippen LogP contribution in [0.1, 0.15) is 36.2 Å². The highest BCUT2D eigenvalue weighted by Gasteiger charge is 2.29. The number of anilines is 3. The van der Waals surface area contributed by atoms with E-state index in [2.05, 4.69) is 50.1 Å². The van der Waals surface area contributed by atoms with Crippen molar-refractivity contribution < 1.29 is 27.4 Å². The van der Waals surface area contributed by atoms with Gasteiger partial charge in [0.05, 0.1) is 11.6 Å². The van der Waals surface area contributed by atoms with Gasteiger partial charge in [-0.3, -0.25) is 4.79 Å². The van der Waals surface area contributed by atoms with Crippen LogP contribution < -0.4 is 30.7 Å². The summed E-state index contributed by atoms with van der Waals surface area (Å²) in [5, 5.41) is 12.6. The molecule has 0 atom stereocenters. The number of hydrogen-bond donors (Lipinski definition) is 4. The standard InChI is InChI=1S/C27H31ClF3N7O3/c1-26(2)14-32-10-3-11-40-21-9-4-17(12-20(21)28)13-33-23-36-24(38-25(37-23)41-16-27(29,30)31)35-19-7-5-18(6-8-19)22(39)34-15-26/h4-9,12,32H,3,10-11,13-16H2,1-2H3,(H,34,39)(H2,33,35,36,37,38). The molecule has 0 radical (unpaired) electrons. The molecule has 220 valence electrons. The van der Waals surface area contributed by atoms with Gasteiger partial charge in [-0.15, -0.1) is 0 Å². The van der Waals surface area contributed by atoms with Gasteiger partial charge in [0.1, 0.15) is 5.75 Å². The van der Waals surface area contributed by atoms with Gasteiger partial charge in [0.25, 0.3) is 5.91 Å². The number of carbonyl (C=O) groups is 1. The SMILES string of the molecule is CC1(C)CNCCCOc2ccc(cc2Cl)CNc2nc(nc(OCC(F)(F)F)n2)Nc2ccc(cc2)C(=O)NC1. The number of carbonyl (C=O) groups excluding carboxylic acids is 1. The van der Waals surface area contributed by atoms with E-state index in [1.54, 1.807) is 36.4 Å². The minimum atomic E-state index is -4.57. The first-order valence-corrected chi connectivity index (χ1v) is 13.3. The van der Waals surface area contributed by atoms with Gasteiger partial charge >= 0.3 is 12.2 Å². The van der Waals surface area contributed by atoms with E-state index < -0.39 is 18.8 Å². The predicted octanol–water partition coefficient (Wildman–Crippen LogP) is 4.95. The second kappa shape index (κ2) is 13.2. The van der Waals surface area contributed by atoms with Crippen molar-refractivity contribution in [3.63, 3.8) is 0 Å². The van der Waals surface area contributed by atoms with Gasteiger partial charge in [-0.05, 0) is 60.3 Å². The topological polar surface area (TPSA) is 122 Å². The summed E-state index contributed by atoms with van der Waals surface area (Å²) in [4.78, 5) is 24.9. The number of amides is 1. The van der Waals surface area contributed by atoms with Crippen molar-refractivity contribution in [3.8, 4) is 11.8 Å². The summed E-state index contributed by atoms with van der Waals surface area (Å²) in [7, 11) is 0. The average Bonchev–Trinajstić information content (AvgIpc) is 2.92. The van der Waals surface area contributed by atoms with Crippen molar-refractivity contribution in [3.05, 3.63) is 58.6 Å². The fourth-order valence-electron chi connectivity index (χ4n) is 3.78. The maximum atomic E-state index is 12.8. The molecule has 0 unspecified atom stereocenters. The Balaban J connectivity index is 1.58. The zero-order chi connectivity index (χ0) is 29.5. The third kappa shape index (κ3) is 9.64. The molecule has 3 aromatic rings. The Labute approximate surface area is 240 Å². The maximum absolute atomic E-state index is 12.8. The molecule has 2 aromatic carbocycles. The summed E-state index contributed by atoms with van der Waals surface area (Å²) < 4.78 is 48.9. The molecule has 5 heterocycles. The number of rotatable bonds is 2. The minimum Gasteiger partial charge on any atom is -0.492 e. The summed E-state index contributed by atoms with van der Waals surface area (Å²) in [5.41, 5.74) is 1.52. The van der Waals surface area contributed by atoms with E-state index >= 15 is 0 Å². The van der Waals surface area contributed by atoms with Gasteiger partial charge in [0.15, 0.2) is 6.61 Å². The molecule has 0 saturated heterocycles. The zero-order valence-electron chi connectivity index (χ0n) is 22.6. The van der Waals surface area contributed by atoms with E-state index in [0.29, 0.717) is 41.7 Å². The Morgan fingerprint density at radius 1 is 1.02 bits per heavy atom. The van der Waals surface area contributed by atoms with E-state index in [1.165, 1.54) is 0 Å². The Hall–Kier alpha value is -3.84. The number of aromatic nitrogens is 3.